The monoisotopic (exact) mass is 440 g/mol. The molecule has 0 fully saturated rings. The number of rotatable bonds is 20. The van der Waals surface area contributed by atoms with Crippen molar-refractivity contribution in [3.05, 3.63) is 30.3 Å². The van der Waals surface area contributed by atoms with Gasteiger partial charge in [-0.05, 0) is 32.4 Å². The molecular weight excluding hydrogens is 395 g/mol. The predicted molar refractivity (Wildman–Crippen MR) is 127 cm³/mol. The third-order valence-electron chi connectivity index (χ3n) is 5.05. The molecule has 0 saturated heterocycles. The van der Waals surface area contributed by atoms with Crippen molar-refractivity contribution in [3.63, 3.8) is 0 Å². The lowest BCUT2D eigenvalue weighted by Crippen LogP contribution is -2.08. The summed E-state index contributed by atoms with van der Waals surface area (Å²) in [6.07, 6.45) is 18.1. The van der Waals surface area contributed by atoms with Crippen LogP contribution in [0.15, 0.2) is 30.3 Å². The average Bonchev–Trinajstić information content (AvgIpc) is 2.71. The van der Waals surface area contributed by atoms with Gasteiger partial charge in [-0.15, -0.1) is 0 Å². The van der Waals surface area contributed by atoms with Crippen LogP contribution in [0.3, 0.4) is 0 Å². The molecule has 1 aromatic rings. The number of unbranched alkanes of at least 4 members (excludes halogenated alkanes) is 13. The molecule has 5 heteroatoms. The maximum Gasteiger partial charge on any atom is 0.530 e. The van der Waals surface area contributed by atoms with Gasteiger partial charge in [-0.3, -0.25) is 9.05 Å². The van der Waals surface area contributed by atoms with E-state index in [0.29, 0.717) is 12.4 Å². The topological polar surface area (TPSA) is 44.8 Å². The molecule has 0 aliphatic carbocycles. The van der Waals surface area contributed by atoms with E-state index in [-0.39, 0.29) is 6.10 Å². The molecular formula is C25H45O4P. The Labute approximate surface area is 185 Å². The molecule has 30 heavy (non-hydrogen) atoms. The van der Waals surface area contributed by atoms with Crippen LogP contribution >= 0.6 is 7.82 Å². The Kier molecular flexibility index (Phi) is 16.2. The quantitative estimate of drug-likeness (QED) is 0.150. The maximum atomic E-state index is 12.9. The summed E-state index contributed by atoms with van der Waals surface area (Å²) >= 11 is 0. The first kappa shape index (κ1) is 27.2. The van der Waals surface area contributed by atoms with Crippen LogP contribution in [0.4, 0.5) is 0 Å². The Morgan fingerprint density at radius 2 is 1.20 bits per heavy atom. The smallest absolute Gasteiger partial charge is 0.404 e. The molecule has 0 aliphatic rings. The minimum atomic E-state index is -3.58. The highest BCUT2D eigenvalue weighted by Gasteiger charge is 2.29. The first-order valence-electron chi connectivity index (χ1n) is 12.2. The highest BCUT2D eigenvalue weighted by atomic mass is 31.2. The number of benzene rings is 1. The van der Waals surface area contributed by atoms with E-state index >= 15 is 0 Å². The molecule has 0 radical (unpaired) electrons. The standard InChI is InChI=1S/C25H45O4P/c1-4-5-6-7-8-9-10-11-12-13-14-15-16-20-23-27-30(26,28-24(2)3)29-25-21-18-17-19-22-25/h17-19,21-22,24H,4-16,20,23H2,1-3H3. The first-order chi connectivity index (χ1) is 14.6. The average molecular weight is 441 g/mol. The Hall–Kier alpha value is -0.830. The molecule has 0 bridgehead atoms. The van der Waals surface area contributed by atoms with Gasteiger partial charge in [0.15, 0.2) is 0 Å². The fourth-order valence-corrected chi connectivity index (χ4v) is 4.83. The zero-order chi connectivity index (χ0) is 21.9. The number of para-hydroxylation sites is 1. The molecule has 1 atom stereocenters. The number of hydrogen-bond donors (Lipinski definition) is 0. The maximum absolute atomic E-state index is 12.9. The molecule has 0 N–H and O–H groups in total. The fourth-order valence-electron chi connectivity index (χ4n) is 3.42. The Bertz CT molecular complexity index is 547. The summed E-state index contributed by atoms with van der Waals surface area (Å²) in [6.45, 7) is 6.33. The molecule has 1 aromatic carbocycles. The summed E-state index contributed by atoms with van der Waals surface area (Å²) in [7, 11) is -3.58. The van der Waals surface area contributed by atoms with E-state index in [4.69, 9.17) is 13.6 Å². The first-order valence-corrected chi connectivity index (χ1v) is 13.7. The summed E-state index contributed by atoms with van der Waals surface area (Å²) in [5.41, 5.74) is 0. The predicted octanol–water partition coefficient (Wildman–Crippen LogP) is 9.10. The van der Waals surface area contributed by atoms with Gasteiger partial charge in [0, 0.05) is 0 Å². The Balaban J connectivity index is 2.03. The zero-order valence-electron chi connectivity index (χ0n) is 19.7. The van der Waals surface area contributed by atoms with Crippen molar-refractivity contribution < 1.29 is 18.1 Å². The number of hydrogen-bond acceptors (Lipinski definition) is 4. The van der Waals surface area contributed by atoms with Gasteiger partial charge < -0.3 is 4.52 Å². The molecule has 1 unspecified atom stereocenters. The number of phosphoric ester groups is 1. The molecule has 0 aromatic heterocycles. The minimum absolute atomic E-state index is 0.226. The van der Waals surface area contributed by atoms with Crippen LogP contribution in [-0.2, 0) is 13.6 Å². The molecule has 4 nitrogen and oxygen atoms in total. The van der Waals surface area contributed by atoms with Crippen LogP contribution in [0.2, 0.25) is 0 Å². The van der Waals surface area contributed by atoms with E-state index in [2.05, 4.69) is 6.92 Å². The Morgan fingerprint density at radius 3 is 1.67 bits per heavy atom. The van der Waals surface area contributed by atoms with Gasteiger partial charge in [-0.1, -0.05) is 109 Å². The van der Waals surface area contributed by atoms with Crippen molar-refractivity contribution in [2.24, 2.45) is 0 Å². The van der Waals surface area contributed by atoms with Crippen molar-refractivity contribution in [2.75, 3.05) is 6.61 Å². The van der Waals surface area contributed by atoms with Crippen LogP contribution < -0.4 is 4.52 Å². The summed E-state index contributed by atoms with van der Waals surface area (Å²) < 4.78 is 29.4. The highest BCUT2D eigenvalue weighted by Crippen LogP contribution is 2.50. The highest BCUT2D eigenvalue weighted by molar-refractivity contribution is 7.48. The largest absolute Gasteiger partial charge is 0.530 e. The van der Waals surface area contributed by atoms with Gasteiger partial charge >= 0.3 is 7.82 Å². The van der Waals surface area contributed by atoms with Crippen LogP contribution in [0.1, 0.15) is 111 Å². The Morgan fingerprint density at radius 1 is 0.733 bits per heavy atom. The third-order valence-corrected chi connectivity index (χ3v) is 6.66. The van der Waals surface area contributed by atoms with Crippen molar-refractivity contribution >= 4 is 7.82 Å². The van der Waals surface area contributed by atoms with Crippen LogP contribution in [-0.4, -0.2) is 12.7 Å². The van der Waals surface area contributed by atoms with Crippen molar-refractivity contribution in [3.8, 4) is 5.75 Å². The van der Waals surface area contributed by atoms with Crippen LogP contribution in [0.25, 0.3) is 0 Å². The van der Waals surface area contributed by atoms with Gasteiger partial charge in [-0.25, -0.2) is 4.57 Å². The van der Waals surface area contributed by atoms with E-state index in [1.807, 2.05) is 32.0 Å². The number of phosphoric acid groups is 1. The van der Waals surface area contributed by atoms with Gasteiger partial charge in [-0.2, -0.15) is 0 Å². The van der Waals surface area contributed by atoms with Gasteiger partial charge in [0.25, 0.3) is 0 Å². The second-order valence-corrected chi connectivity index (χ2v) is 9.98. The fraction of sp³-hybridized carbons (Fsp3) is 0.760. The molecule has 0 spiro atoms. The normalized spacial score (nSPS) is 13.5. The second-order valence-electron chi connectivity index (χ2n) is 8.44. The van der Waals surface area contributed by atoms with Crippen LogP contribution in [0, 0.1) is 0 Å². The van der Waals surface area contributed by atoms with E-state index in [1.54, 1.807) is 12.1 Å². The summed E-state index contributed by atoms with van der Waals surface area (Å²) in [5.74, 6) is 0.502. The summed E-state index contributed by atoms with van der Waals surface area (Å²) in [6, 6.07) is 9.07. The van der Waals surface area contributed by atoms with E-state index < -0.39 is 7.82 Å². The summed E-state index contributed by atoms with van der Waals surface area (Å²) in [5, 5.41) is 0. The molecule has 0 amide bonds. The molecule has 0 heterocycles. The summed E-state index contributed by atoms with van der Waals surface area (Å²) in [4.78, 5) is 0. The van der Waals surface area contributed by atoms with E-state index in [9.17, 15) is 4.57 Å². The van der Waals surface area contributed by atoms with Gasteiger partial charge in [0.2, 0.25) is 0 Å². The van der Waals surface area contributed by atoms with Crippen LogP contribution in [0.5, 0.6) is 5.75 Å². The van der Waals surface area contributed by atoms with Gasteiger partial charge in [0.1, 0.15) is 5.75 Å². The van der Waals surface area contributed by atoms with Gasteiger partial charge in [0.05, 0.1) is 12.7 Å². The zero-order valence-corrected chi connectivity index (χ0v) is 20.5. The molecule has 1 rings (SSSR count). The SMILES string of the molecule is CCCCCCCCCCCCCCCCOP(=O)(Oc1ccccc1)OC(C)C. The van der Waals surface area contributed by atoms with Crippen molar-refractivity contribution in [1.82, 2.24) is 0 Å². The molecule has 0 aliphatic heterocycles. The lowest BCUT2D eigenvalue weighted by atomic mass is 10.0. The second kappa shape index (κ2) is 17.8. The van der Waals surface area contributed by atoms with Crippen molar-refractivity contribution in [1.29, 1.82) is 0 Å². The lowest BCUT2D eigenvalue weighted by Gasteiger charge is -2.20. The van der Waals surface area contributed by atoms with Crippen molar-refractivity contribution in [2.45, 2.75) is 117 Å². The molecule has 174 valence electrons. The van der Waals surface area contributed by atoms with E-state index in [1.165, 1.54) is 77.0 Å². The lowest BCUT2D eigenvalue weighted by molar-refractivity contribution is 0.124. The minimum Gasteiger partial charge on any atom is -0.404 e. The molecule has 0 saturated carbocycles. The third kappa shape index (κ3) is 15.0. The van der Waals surface area contributed by atoms with E-state index in [0.717, 1.165) is 12.8 Å².